The minimum Gasteiger partial charge on any atom is -0.497 e. The Bertz CT molecular complexity index is 1010. The van der Waals surface area contributed by atoms with Crippen LogP contribution in [0.25, 0.3) is 0 Å². The number of nitro benzene ring substituents is 1. The van der Waals surface area contributed by atoms with Crippen molar-refractivity contribution >= 4 is 33.0 Å². The fraction of sp³-hybridized carbons (Fsp3) is 0.235. The van der Waals surface area contributed by atoms with E-state index in [4.69, 9.17) is 4.74 Å². The van der Waals surface area contributed by atoms with Gasteiger partial charge in [-0.1, -0.05) is 12.1 Å². The maximum absolute atomic E-state index is 12.8. The fourth-order valence-electron chi connectivity index (χ4n) is 2.89. The third kappa shape index (κ3) is 3.70. The number of para-hydroxylation sites is 2. The van der Waals surface area contributed by atoms with Crippen molar-refractivity contribution in [1.29, 1.82) is 0 Å². The third-order valence-corrected chi connectivity index (χ3v) is 5.58. The van der Waals surface area contributed by atoms with Crippen molar-refractivity contribution in [1.82, 2.24) is 0 Å². The molecule has 2 aromatic rings. The first-order valence-electron chi connectivity index (χ1n) is 8.08. The molecule has 0 aliphatic carbocycles. The summed E-state index contributed by atoms with van der Waals surface area (Å²) in [5, 5.41) is 11.3. The second kappa shape index (κ2) is 7.23. The summed E-state index contributed by atoms with van der Waals surface area (Å²) in [6.45, 7) is 0.486. The number of amides is 1. The molecule has 0 bridgehead atoms. The number of carbonyl (C=O) groups is 1. The second-order valence-corrected chi connectivity index (χ2v) is 7.51. The fourth-order valence-corrected chi connectivity index (χ4v) is 4.12. The molecule has 1 amide bonds. The zero-order valence-electron chi connectivity index (χ0n) is 14.4. The zero-order valence-corrected chi connectivity index (χ0v) is 15.2. The quantitative estimate of drug-likeness (QED) is 0.597. The lowest BCUT2D eigenvalue weighted by Gasteiger charge is -2.20. The van der Waals surface area contributed by atoms with E-state index in [9.17, 15) is 23.3 Å². The standard InChI is InChI=1S/C17H17N3O6S/c1-26-12-8-9-16(15(11-12)20(22)23)27(24,25)18-13-5-2-3-6-14(13)19-10-4-7-17(19)21/h2-3,5-6,8-9,11,18H,4,7,10H2,1H3. The van der Waals surface area contributed by atoms with Crippen LogP contribution in [0.15, 0.2) is 47.4 Å². The molecule has 0 spiro atoms. The number of carbonyl (C=O) groups excluding carboxylic acids is 1. The number of methoxy groups -OCH3 is 1. The molecule has 27 heavy (non-hydrogen) atoms. The molecule has 0 saturated carbocycles. The summed E-state index contributed by atoms with van der Waals surface area (Å²) >= 11 is 0. The van der Waals surface area contributed by atoms with Gasteiger partial charge in [-0.2, -0.15) is 0 Å². The predicted molar refractivity (Wildman–Crippen MR) is 98.5 cm³/mol. The number of nitrogens with zero attached hydrogens (tertiary/aromatic N) is 2. The average molecular weight is 391 g/mol. The van der Waals surface area contributed by atoms with E-state index in [0.717, 1.165) is 12.1 Å². The Labute approximate surface area is 155 Å². The number of ether oxygens (including phenoxy) is 1. The van der Waals surface area contributed by atoms with Crippen LogP contribution in [0.2, 0.25) is 0 Å². The lowest BCUT2D eigenvalue weighted by molar-refractivity contribution is -0.387. The zero-order chi connectivity index (χ0) is 19.6. The van der Waals surface area contributed by atoms with Crippen LogP contribution in [0.3, 0.4) is 0 Å². The molecule has 0 unspecified atom stereocenters. The van der Waals surface area contributed by atoms with E-state index >= 15 is 0 Å². The number of sulfonamides is 1. The van der Waals surface area contributed by atoms with Crippen LogP contribution in [-0.4, -0.2) is 32.9 Å². The highest BCUT2D eigenvalue weighted by molar-refractivity contribution is 7.92. The molecule has 0 radical (unpaired) electrons. The van der Waals surface area contributed by atoms with Crippen LogP contribution >= 0.6 is 0 Å². The molecule has 1 saturated heterocycles. The van der Waals surface area contributed by atoms with Crippen LogP contribution in [0.4, 0.5) is 17.1 Å². The molecule has 9 nitrogen and oxygen atoms in total. The Kier molecular flexibility index (Phi) is 5.00. The Morgan fingerprint density at radius 3 is 2.59 bits per heavy atom. The van der Waals surface area contributed by atoms with Crippen molar-refractivity contribution in [3.8, 4) is 5.75 Å². The lowest BCUT2D eigenvalue weighted by Crippen LogP contribution is -2.25. The highest BCUT2D eigenvalue weighted by Crippen LogP contribution is 2.34. The van der Waals surface area contributed by atoms with Crippen molar-refractivity contribution in [3.63, 3.8) is 0 Å². The van der Waals surface area contributed by atoms with E-state index in [-0.39, 0.29) is 17.3 Å². The van der Waals surface area contributed by atoms with E-state index in [1.807, 2.05) is 0 Å². The van der Waals surface area contributed by atoms with E-state index in [1.165, 1.54) is 24.1 Å². The Morgan fingerprint density at radius 1 is 1.22 bits per heavy atom. The number of hydrogen-bond donors (Lipinski definition) is 1. The number of rotatable bonds is 6. The monoisotopic (exact) mass is 391 g/mol. The predicted octanol–water partition coefficient (Wildman–Crippen LogP) is 2.53. The van der Waals surface area contributed by atoms with Gasteiger partial charge in [0.1, 0.15) is 5.75 Å². The van der Waals surface area contributed by atoms with Gasteiger partial charge in [0.05, 0.1) is 29.5 Å². The first kappa shape index (κ1) is 18.6. The summed E-state index contributed by atoms with van der Waals surface area (Å²) in [4.78, 5) is 23.6. The molecule has 0 aromatic heterocycles. The van der Waals surface area contributed by atoms with Crippen LogP contribution < -0.4 is 14.4 Å². The van der Waals surface area contributed by atoms with Crippen LogP contribution in [0.5, 0.6) is 5.75 Å². The van der Waals surface area contributed by atoms with Gasteiger partial charge in [0.15, 0.2) is 4.90 Å². The minimum atomic E-state index is -4.27. The molecule has 142 valence electrons. The highest BCUT2D eigenvalue weighted by Gasteiger charge is 2.29. The van der Waals surface area contributed by atoms with Crippen molar-refractivity contribution in [2.75, 3.05) is 23.3 Å². The van der Waals surface area contributed by atoms with Crippen LogP contribution in [0, 0.1) is 10.1 Å². The maximum Gasteiger partial charge on any atom is 0.293 e. The molecule has 2 aromatic carbocycles. The van der Waals surface area contributed by atoms with Crippen LogP contribution in [0.1, 0.15) is 12.8 Å². The van der Waals surface area contributed by atoms with Gasteiger partial charge in [0.25, 0.3) is 15.7 Å². The lowest BCUT2D eigenvalue weighted by atomic mass is 10.2. The summed E-state index contributed by atoms with van der Waals surface area (Å²) in [6, 6.07) is 9.93. The van der Waals surface area contributed by atoms with Crippen molar-refractivity contribution in [2.24, 2.45) is 0 Å². The maximum atomic E-state index is 12.8. The SMILES string of the molecule is COc1ccc(S(=O)(=O)Nc2ccccc2N2CCCC2=O)c([N+](=O)[O-])c1. The van der Waals surface area contributed by atoms with Gasteiger partial charge < -0.3 is 9.64 Å². The molecule has 1 aliphatic rings. The topological polar surface area (TPSA) is 119 Å². The number of anilines is 2. The first-order chi connectivity index (χ1) is 12.8. The van der Waals surface area contributed by atoms with Gasteiger partial charge >= 0.3 is 0 Å². The summed E-state index contributed by atoms with van der Waals surface area (Å²) in [6.07, 6.45) is 1.08. The first-order valence-corrected chi connectivity index (χ1v) is 9.56. The van der Waals surface area contributed by atoms with Gasteiger partial charge in [-0.15, -0.1) is 0 Å². The van der Waals surface area contributed by atoms with Gasteiger partial charge in [-0.05, 0) is 30.7 Å². The molecule has 1 fully saturated rings. The average Bonchev–Trinajstić information content (AvgIpc) is 3.07. The van der Waals surface area contributed by atoms with E-state index < -0.39 is 25.5 Å². The highest BCUT2D eigenvalue weighted by atomic mass is 32.2. The van der Waals surface area contributed by atoms with Gasteiger partial charge in [-0.25, -0.2) is 8.42 Å². The molecule has 1 N–H and O–H groups in total. The number of hydrogen-bond acceptors (Lipinski definition) is 6. The molecule has 3 rings (SSSR count). The minimum absolute atomic E-state index is 0.0999. The summed E-state index contributed by atoms with van der Waals surface area (Å²) < 4.78 is 32.9. The Hall–Kier alpha value is -3.14. The molecule has 1 aliphatic heterocycles. The van der Waals surface area contributed by atoms with Gasteiger partial charge in [0, 0.05) is 13.0 Å². The number of nitro groups is 1. The van der Waals surface area contributed by atoms with Crippen molar-refractivity contribution in [3.05, 3.63) is 52.6 Å². The number of benzene rings is 2. The van der Waals surface area contributed by atoms with E-state index in [1.54, 1.807) is 18.2 Å². The Morgan fingerprint density at radius 2 is 1.96 bits per heavy atom. The normalized spacial score (nSPS) is 14.3. The molecule has 1 heterocycles. The third-order valence-electron chi connectivity index (χ3n) is 4.16. The molecular formula is C17H17N3O6S. The molecular weight excluding hydrogens is 374 g/mol. The summed E-state index contributed by atoms with van der Waals surface area (Å²) in [7, 11) is -2.94. The Balaban J connectivity index is 2.02. The molecule has 0 atom stereocenters. The van der Waals surface area contributed by atoms with E-state index in [0.29, 0.717) is 25.1 Å². The second-order valence-electron chi connectivity index (χ2n) is 5.86. The summed E-state index contributed by atoms with van der Waals surface area (Å²) in [5.74, 6) is 0.0702. The summed E-state index contributed by atoms with van der Waals surface area (Å²) in [5.41, 5.74) is -0.00538. The largest absolute Gasteiger partial charge is 0.497 e. The number of nitrogens with one attached hydrogen (secondary N) is 1. The molecule has 10 heteroatoms. The van der Waals surface area contributed by atoms with E-state index in [2.05, 4.69) is 4.72 Å². The van der Waals surface area contributed by atoms with Crippen molar-refractivity contribution < 1.29 is 22.9 Å². The van der Waals surface area contributed by atoms with Crippen LogP contribution in [-0.2, 0) is 14.8 Å². The van der Waals surface area contributed by atoms with Crippen molar-refractivity contribution in [2.45, 2.75) is 17.7 Å². The smallest absolute Gasteiger partial charge is 0.293 e. The van der Waals surface area contributed by atoms with Gasteiger partial charge in [0.2, 0.25) is 5.91 Å². The van der Waals surface area contributed by atoms with Gasteiger partial charge in [-0.3, -0.25) is 19.6 Å².